The summed E-state index contributed by atoms with van der Waals surface area (Å²) in [6.45, 7) is 2.14. The number of hydrogen-bond donors (Lipinski definition) is 0. The zero-order valence-electron chi connectivity index (χ0n) is 4.72. The molecule has 0 nitrogen and oxygen atoms in total. The van der Waals surface area contributed by atoms with E-state index in [4.69, 9.17) is 23.4 Å². The molecular formula is C5H8ClPS. The summed E-state index contributed by atoms with van der Waals surface area (Å²) in [6.07, 6.45) is 2.16. The van der Waals surface area contributed by atoms with E-state index in [0.717, 1.165) is 17.6 Å². The fraction of sp³-hybridized carbons (Fsp3) is 0.600. The van der Waals surface area contributed by atoms with Crippen LogP contribution in [0.3, 0.4) is 0 Å². The normalized spacial score (nSPS) is 37.5. The van der Waals surface area contributed by atoms with Gasteiger partial charge in [-0.2, -0.15) is 0 Å². The summed E-state index contributed by atoms with van der Waals surface area (Å²) in [5.41, 5.74) is 0. The predicted molar refractivity (Wildman–Crippen MR) is 43.6 cm³/mol. The van der Waals surface area contributed by atoms with Crippen molar-refractivity contribution in [3.05, 3.63) is 10.8 Å². The molecule has 0 spiro atoms. The van der Waals surface area contributed by atoms with E-state index in [1.165, 1.54) is 0 Å². The van der Waals surface area contributed by atoms with Crippen molar-refractivity contribution >= 4 is 29.4 Å². The molecule has 1 aliphatic heterocycles. The van der Waals surface area contributed by atoms with Gasteiger partial charge in [0, 0.05) is 5.03 Å². The summed E-state index contributed by atoms with van der Waals surface area (Å²) < 4.78 is 0. The molecule has 0 aromatic rings. The lowest BCUT2D eigenvalue weighted by Crippen LogP contribution is -1.72. The van der Waals surface area contributed by atoms with E-state index in [0.29, 0.717) is 0 Å². The highest BCUT2D eigenvalue weighted by molar-refractivity contribution is 8.16. The summed E-state index contributed by atoms with van der Waals surface area (Å²) in [4.78, 5) is 0. The van der Waals surface area contributed by atoms with Crippen LogP contribution in [0.15, 0.2) is 10.8 Å². The molecule has 0 radical (unpaired) electrons. The first kappa shape index (κ1) is 6.80. The van der Waals surface area contributed by atoms with Gasteiger partial charge in [0.15, 0.2) is 0 Å². The van der Waals surface area contributed by atoms with Crippen molar-refractivity contribution in [2.45, 2.75) is 6.42 Å². The minimum atomic E-state index is -1.06. The quantitative estimate of drug-likeness (QED) is 0.499. The van der Waals surface area contributed by atoms with Gasteiger partial charge in [0.25, 0.3) is 0 Å². The third-order valence-electron chi connectivity index (χ3n) is 1.21. The molecule has 0 bridgehead atoms. The topological polar surface area (TPSA) is 0 Å². The van der Waals surface area contributed by atoms with Crippen LogP contribution in [0.4, 0.5) is 0 Å². The van der Waals surface area contributed by atoms with E-state index in [1.807, 2.05) is 0 Å². The molecular weight excluding hydrogens is 159 g/mol. The van der Waals surface area contributed by atoms with Gasteiger partial charge in [0.1, 0.15) is 0 Å². The molecule has 8 heavy (non-hydrogen) atoms. The van der Waals surface area contributed by atoms with Crippen molar-refractivity contribution in [1.29, 1.82) is 0 Å². The number of allylic oxidation sites excluding steroid dienone is 1. The van der Waals surface area contributed by atoms with E-state index in [2.05, 4.69) is 12.5 Å². The Balaban J connectivity index is 2.82. The molecule has 0 saturated heterocycles. The molecule has 1 atom stereocenters. The van der Waals surface area contributed by atoms with Crippen LogP contribution < -0.4 is 0 Å². The van der Waals surface area contributed by atoms with Gasteiger partial charge in [-0.05, 0) is 31.1 Å². The first-order valence-corrected chi connectivity index (χ1v) is 6.42. The van der Waals surface area contributed by atoms with Crippen molar-refractivity contribution in [2.75, 3.05) is 12.8 Å². The molecule has 0 N–H and O–H groups in total. The highest BCUT2D eigenvalue weighted by atomic mass is 35.5. The molecule has 3 heteroatoms. The van der Waals surface area contributed by atoms with Crippen LogP contribution in [0.25, 0.3) is 0 Å². The summed E-state index contributed by atoms with van der Waals surface area (Å²) >= 11 is 11.0. The largest absolute Gasteiger partial charge is 0.0934 e. The predicted octanol–water partition coefficient (Wildman–Crippen LogP) is 2.58. The smallest absolute Gasteiger partial charge is 0.0196 e. The molecule has 0 aromatic heterocycles. The number of halogens is 1. The molecule has 0 amide bonds. The molecule has 1 aliphatic rings. The third kappa shape index (κ3) is 1.58. The fourth-order valence-electron chi connectivity index (χ4n) is 0.754. The van der Waals surface area contributed by atoms with Crippen LogP contribution in [0.1, 0.15) is 6.42 Å². The Hall–Kier alpha value is 0.680. The van der Waals surface area contributed by atoms with Gasteiger partial charge in [-0.1, -0.05) is 23.4 Å². The lowest BCUT2D eigenvalue weighted by atomic mass is 10.5. The van der Waals surface area contributed by atoms with Crippen molar-refractivity contribution in [3.63, 3.8) is 0 Å². The molecule has 0 fully saturated rings. The first-order chi connectivity index (χ1) is 3.60. The van der Waals surface area contributed by atoms with Crippen LogP contribution in [0.2, 0.25) is 0 Å². The summed E-state index contributed by atoms with van der Waals surface area (Å²) in [5.74, 6) is 2.07. The Bertz CT molecular complexity index is 173. The second kappa shape index (κ2) is 2.13. The standard InChI is InChI=1S/C5H8ClPS/c1-7(8)3-2-5(6)4-7/h4H,2-3H2,1H3. The van der Waals surface area contributed by atoms with Gasteiger partial charge in [-0.25, -0.2) is 0 Å². The third-order valence-corrected chi connectivity index (χ3v) is 4.49. The maximum atomic E-state index is 5.72. The van der Waals surface area contributed by atoms with E-state index < -0.39 is 6.04 Å². The minimum Gasteiger partial charge on any atom is -0.0934 e. The maximum absolute atomic E-state index is 5.72. The Morgan fingerprint density at radius 3 is 2.62 bits per heavy atom. The Kier molecular flexibility index (Phi) is 1.81. The van der Waals surface area contributed by atoms with Gasteiger partial charge in [0.05, 0.1) is 0 Å². The maximum Gasteiger partial charge on any atom is 0.0196 e. The average molecular weight is 167 g/mol. The monoisotopic (exact) mass is 166 g/mol. The molecule has 1 rings (SSSR count). The van der Waals surface area contributed by atoms with E-state index in [1.54, 1.807) is 0 Å². The highest BCUT2D eigenvalue weighted by Gasteiger charge is 2.14. The van der Waals surface area contributed by atoms with Crippen LogP contribution >= 0.6 is 17.6 Å². The van der Waals surface area contributed by atoms with Crippen molar-refractivity contribution in [2.24, 2.45) is 0 Å². The first-order valence-electron chi connectivity index (χ1n) is 2.54. The fourth-order valence-corrected chi connectivity index (χ4v) is 3.99. The average Bonchev–Trinajstić information content (AvgIpc) is 1.82. The van der Waals surface area contributed by atoms with Gasteiger partial charge in [-0.3, -0.25) is 0 Å². The van der Waals surface area contributed by atoms with E-state index in [9.17, 15) is 0 Å². The summed E-state index contributed by atoms with van der Waals surface area (Å²) in [6, 6.07) is -1.06. The van der Waals surface area contributed by atoms with E-state index in [-0.39, 0.29) is 0 Å². The van der Waals surface area contributed by atoms with Crippen LogP contribution in [-0.2, 0) is 11.8 Å². The second-order valence-electron chi connectivity index (χ2n) is 2.22. The SMILES string of the molecule is CP1(=S)C=C(Cl)CC1. The van der Waals surface area contributed by atoms with Gasteiger partial charge in [0.2, 0.25) is 0 Å². The molecule has 46 valence electrons. The van der Waals surface area contributed by atoms with Crippen LogP contribution in [0.5, 0.6) is 0 Å². The second-order valence-corrected chi connectivity index (χ2v) is 8.27. The molecule has 0 aromatic carbocycles. The van der Waals surface area contributed by atoms with Crippen molar-refractivity contribution < 1.29 is 0 Å². The lowest BCUT2D eigenvalue weighted by Gasteiger charge is -1.99. The molecule has 0 aliphatic carbocycles. The van der Waals surface area contributed by atoms with Crippen molar-refractivity contribution in [1.82, 2.24) is 0 Å². The Morgan fingerprint density at radius 1 is 1.88 bits per heavy atom. The lowest BCUT2D eigenvalue weighted by molar-refractivity contribution is 1.24. The van der Waals surface area contributed by atoms with Crippen molar-refractivity contribution in [3.8, 4) is 0 Å². The van der Waals surface area contributed by atoms with Gasteiger partial charge < -0.3 is 0 Å². The van der Waals surface area contributed by atoms with Crippen LogP contribution in [-0.4, -0.2) is 12.8 Å². The highest BCUT2D eigenvalue weighted by Crippen LogP contribution is 2.51. The summed E-state index contributed by atoms with van der Waals surface area (Å²) in [5, 5.41) is 0.982. The molecule has 1 heterocycles. The Morgan fingerprint density at radius 2 is 2.50 bits per heavy atom. The van der Waals surface area contributed by atoms with Gasteiger partial charge in [-0.15, -0.1) is 0 Å². The van der Waals surface area contributed by atoms with E-state index >= 15 is 0 Å². The molecule has 1 unspecified atom stereocenters. The zero-order chi connectivity index (χ0) is 6.20. The summed E-state index contributed by atoms with van der Waals surface area (Å²) in [7, 11) is 0. The molecule has 0 saturated carbocycles. The zero-order valence-corrected chi connectivity index (χ0v) is 7.19. The number of rotatable bonds is 0. The van der Waals surface area contributed by atoms with Crippen LogP contribution in [0, 0.1) is 0 Å². The Labute approximate surface area is 59.9 Å². The minimum absolute atomic E-state index is 0.982. The van der Waals surface area contributed by atoms with Gasteiger partial charge >= 0.3 is 0 Å². The number of hydrogen-bond acceptors (Lipinski definition) is 1.